The lowest BCUT2D eigenvalue weighted by Crippen LogP contribution is -2.48. The van der Waals surface area contributed by atoms with E-state index in [1.54, 1.807) is 0 Å². The summed E-state index contributed by atoms with van der Waals surface area (Å²) in [5, 5.41) is 0. The Labute approximate surface area is 110 Å². The van der Waals surface area contributed by atoms with Gasteiger partial charge in [0.1, 0.15) is 0 Å². The minimum absolute atomic E-state index is 0.0823. The Bertz CT molecular complexity index is 538. The third-order valence-electron chi connectivity index (χ3n) is 5.62. The van der Waals surface area contributed by atoms with Crippen LogP contribution in [0.5, 0.6) is 0 Å². The van der Waals surface area contributed by atoms with Crippen LogP contribution in [0.1, 0.15) is 26.7 Å². The number of nitrogens with zero attached hydrogens (tertiary/aromatic N) is 1. The molecule has 2 aliphatic carbocycles. The lowest BCUT2D eigenvalue weighted by atomic mass is 9.68. The molecule has 0 aromatic rings. The Kier molecular flexibility index (Phi) is 1.59. The van der Waals surface area contributed by atoms with Crippen LogP contribution < -0.4 is 0 Å². The normalized spacial score (nSPS) is 58.8. The van der Waals surface area contributed by atoms with Gasteiger partial charge in [0.05, 0.1) is 5.75 Å². The van der Waals surface area contributed by atoms with Gasteiger partial charge in [0.25, 0.3) is 0 Å². The lowest BCUT2D eigenvalue weighted by Gasteiger charge is -2.36. The van der Waals surface area contributed by atoms with Gasteiger partial charge in [-0.25, -0.2) is 8.42 Å². The number of fused-ring (bicyclic) bond motifs is 1. The molecule has 4 aliphatic rings. The average Bonchev–Trinajstić information content (AvgIpc) is 2.78. The molecule has 96 valence electrons. The summed E-state index contributed by atoms with van der Waals surface area (Å²) in [7, 11) is -3.36. The monoisotopic (exact) mass is 297 g/mol. The third-order valence-corrected chi connectivity index (χ3v) is 8.36. The van der Waals surface area contributed by atoms with Gasteiger partial charge in [0.15, 0.2) is 4.33 Å². The largest absolute Gasteiger partial charge is 0.251 e. The van der Waals surface area contributed by atoms with E-state index in [-0.39, 0.29) is 17.1 Å². The molecule has 0 amide bonds. The van der Waals surface area contributed by atoms with Gasteiger partial charge in [-0.05, 0) is 22.7 Å². The first kappa shape index (κ1) is 11.3. The first-order chi connectivity index (χ1) is 7.64. The van der Waals surface area contributed by atoms with Crippen LogP contribution in [0.3, 0.4) is 0 Å². The maximum Gasteiger partial charge on any atom is 0.239 e. The second-order valence-corrected chi connectivity index (χ2v) is 9.41. The molecule has 0 aromatic carbocycles. The minimum atomic E-state index is -3.36. The van der Waals surface area contributed by atoms with Crippen molar-refractivity contribution in [3.05, 3.63) is 0 Å². The van der Waals surface area contributed by atoms with Gasteiger partial charge in [0, 0.05) is 11.3 Å². The molecule has 2 saturated carbocycles. The quantitative estimate of drug-likeness (QED) is 0.507. The number of hydroxylamine groups is 1. The summed E-state index contributed by atoms with van der Waals surface area (Å²) in [6, 6.07) is 0. The fraction of sp³-hybridized carbons (Fsp3) is 1.00. The highest BCUT2D eigenvalue weighted by Crippen LogP contribution is 2.85. The minimum Gasteiger partial charge on any atom is -0.251 e. The van der Waals surface area contributed by atoms with E-state index in [1.807, 2.05) is 0 Å². The standard InChI is InChI=1S/C10H13Cl2NO3S/c1-7(2)6-3-4-8(7)5-17(14,15)13-10(8,16-13)9(6,11)12/h6H,3-5H2,1-2H3/t6-,8-,10?,13?/m0/s1. The molecule has 17 heavy (non-hydrogen) atoms. The Balaban J connectivity index is 2.05. The molecule has 0 N–H and O–H groups in total. The van der Waals surface area contributed by atoms with Crippen LogP contribution in [0.25, 0.3) is 0 Å². The highest BCUT2D eigenvalue weighted by atomic mass is 35.5. The Morgan fingerprint density at radius 3 is 2.53 bits per heavy atom. The van der Waals surface area contributed by atoms with Crippen molar-refractivity contribution < 1.29 is 13.3 Å². The number of rotatable bonds is 0. The maximum absolute atomic E-state index is 12.1. The topological polar surface area (TPSA) is 49.7 Å². The van der Waals surface area contributed by atoms with E-state index in [9.17, 15) is 8.42 Å². The predicted molar refractivity (Wildman–Crippen MR) is 62.8 cm³/mol. The summed E-state index contributed by atoms with van der Waals surface area (Å²) in [5.74, 6) is 0.198. The maximum atomic E-state index is 12.1. The van der Waals surface area contributed by atoms with E-state index >= 15 is 0 Å². The zero-order chi connectivity index (χ0) is 12.5. The molecule has 2 bridgehead atoms. The fourth-order valence-electron chi connectivity index (χ4n) is 4.73. The lowest BCUT2D eigenvalue weighted by molar-refractivity contribution is 0.0704. The summed E-state index contributed by atoms with van der Waals surface area (Å²) in [6.45, 7) is 4.14. The van der Waals surface area contributed by atoms with Crippen molar-refractivity contribution in [1.29, 1.82) is 0 Å². The van der Waals surface area contributed by atoms with E-state index in [0.29, 0.717) is 0 Å². The Morgan fingerprint density at radius 2 is 2.00 bits per heavy atom. The van der Waals surface area contributed by atoms with E-state index in [1.165, 1.54) is 0 Å². The van der Waals surface area contributed by atoms with E-state index in [0.717, 1.165) is 17.3 Å². The number of alkyl halides is 2. The van der Waals surface area contributed by atoms with Crippen molar-refractivity contribution in [3.63, 3.8) is 0 Å². The summed E-state index contributed by atoms with van der Waals surface area (Å²) >= 11 is 13.0. The van der Waals surface area contributed by atoms with Crippen molar-refractivity contribution >= 4 is 33.2 Å². The van der Waals surface area contributed by atoms with Crippen LogP contribution in [-0.4, -0.2) is 28.7 Å². The SMILES string of the molecule is CC1(C)[C@@H]2CC[C@]13CS(=O)(=O)N1OC13C2(Cl)Cl. The second-order valence-electron chi connectivity index (χ2n) is 6.24. The fourth-order valence-corrected chi connectivity index (χ4v) is 8.56. The van der Waals surface area contributed by atoms with Crippen molar-refractivity contribution in [3.8, 4) is 0 Å². The molecular formula is C10H13Cl2NO3S. The number of hydrogen-bond donors (Lipinski definition) is 0. The van der Waals surface area contributed by atoms with E-state index in [4.69, 9.17) is 28.0 Å². The van der Waals surface area contributed by atoms with Crippen LogP contribution in [0.4, 0.5) is 0 Å². The van der Waals surface area contributed by atoms with Crippen LogP contribution in [0, 0.1) is 16.7 Å². The molecule has 2 aliphatic heterocycles. The van der Waals surface area contributed by atoms with E-state index in [2.05, 4.69) is 13.8 Å². The van der Waals surface area contributed by atoms with Gasteiger partial charge in [0.2, 0.25) is 15.7 Å². The van der Waals surface area contributed by atoms with Crippen LogP contribution in [0.15, 0.2) is 0 Å². The summed E-state index contributed by atoms with van der Waals surface area (Å²) in [6.07, 6.45) is 1.69. The highest BCUT2D eigenvalue weighted by Gasteiger charge is 2.97. The molecule has 4 rings (SSSR count). The Hall–Kier alpha value is 0.450. The molecule has 2 unspecified atom stereocenters. The second kappa shape index (κ2) is 2.40. The first-order valence-corrected chi connectivity index (χ1v) is 8.10. The van der Waals surface area contributed by atoms with Gasteiger partial charge in [-0.2, -0.15) is 0 Å². The zero-order valence-electron chi connectivity index (χ0n) is 9.53. The Morgan fingerprint density at radius 1 is 1.35 bits per heavy atom. The molecule has 4 fully saturated rings. The number of hydrogen-bond acceptors (Lipinski definition) is 3. The molecular weight excluding hydrogens is 285 g/mol. The molecule has 0 radical (unpaired) electrons. The summed E-state index contributed by atoms with van der Waals surface area (Å²) in [4.78, 5) is 5.44. The molecule has 0 aromatic heterocycles. The zero-order valence-corrected chi connectivity index (χ0v) is 11.9. The predicted octanol–water partition coefficient (Wildman–Crippen LogP) is 1.88. The van der Waals surface area contributed by atoms with Gasteiger partial charge in [-0.15, -0.1) is 0 Å². The third kappa shape index (κ3) is 0.778. The summed E-state index contributed by atoms with van der Waals surface area (Å²) < 4.78 is 24.1. The molecule has 4 nitrogen and oxygen atoms in total. The van der Waals surface area contributed by atoms with Gasteiger partial charge in [-0.3, -0.25) is 4.84 Å². The van der Waals surface area contributed by atoms with Gasteiger partial charge in [-0.1, -0.05) is 37.0 Å². The van der Waals surface area contributed by atoms with Gasteiger partial charge < -0.3 is 0 Å². The number of sulfonamides is 1. The van der Waals surface area contributed by atoms with Crippen LogP contribution >= 0.6 is 23.2 Å². The molecule has 7 heteroatoms. The van der Waals surface area contributed by atoms with Crippen molar-refractivity contribution in [2.24, 2.45) is 16.7 Å². The molecule has 2 saturated heterocycles. The molecule has 2 spiro atoms. The van der Waals surface area contributed by atoms with E-state index < -0.39 is 25.5 Å². The van der Waals surface area contributed by atoms with Crippen molar-refractivity contribution in [1.82, 2.24) is 4.47 Å². The average molecular weight is 298 g/mol. The van der Waals surface area contributed by atoms with Crippen LogP contribution in [-0.2, 0) is 14.9 Å². The summed E-state index contributed by atoms with van der Waals surface area (Å²) in [5.41, 5.74) is -1.66. The highest BCUT2D eigenvalue weighted by molar-refractivity contribution is 7.89. The van der Waals surface area contributed by atoms with Crippen molar-refractivity contribution in [2.75, 3.05) is 5.75 Å². The first-order valence-electron chi connectivity index (χ1n) is 5.74. The molecule has 4 atom stereocenters. The van der Waals surface area contributed by atoms with Gasteiger partial charge >= 0.3 is 0 Å². The number of halogens is 2. The smallest absolute Gasteiger partial charge is 0.239 e. The van der Waals surface area contributed by atoms with Crippen molar-refractivity contribution in [2.45, 2.75) is 36.7 Å². The molecule has 2 heterocycles. The van der Waals surface area contributed by atoms with Crippen LogP contribution in [0.2, 0.25) is 0 Å².